The molecule has 2 atom stereocenters. The minimum Gasteiger partial charge on any atom is -0.493 e. The number of hydrogen-bond acceptors (Lipinski definition) is 4. The fourth-order valence-electron chi connectivity index (χ4n) is 2.36. The second kappa shape index (κ2) is 7.99. The molecule has 120 valence electrons. The third-order valence-corrected chi connectivity index (χ3v) is 4.18. The molecule has 0 saturated heterocycles. The maximum atomic E-state index is 10.6. The molecule has 0 amide bonds. The third kappa shape index (κ3) is 4.58. The van der Waals surface area contributed by atoms with Crippen LogP contribution in [0.2, 0.25) is 5.02 Å². The van der Waals surface area contributed by atoms with E-state index in [1.807, 2.05) is 45.8 Å². The van der Waals surface area contributed by atoms with Gasteiger partial charge in [0.25, 0.3) is 0 Å². The standard InChI is InChI=1S/C16H27ClN2O2/c1-6-21-13-9-10(2)15(17)11(3)14(13)16(20)12(18)7-8-19(4)5/h9,12,16,20H,6-8,18H2,1-5H3. The van der Waals surface area contributed by atoms with Crippen LogP contribution in [0.3, 0.4) is 0 Å². The predicted octanol–water partition coefficient (Wildman–Crippen LogP) is 2.67. The Hall–Kier alpha value is -0.810. The van der Waals surface area contributed by atoms with Crippen molar-refractivity contribution in [2.45, 2.75) is 39.3 Å². The molecule has 3 N–H and O–H groups in total. The van der Waals surface area contributed by atoms with Gasteiger partial charge in [0.2, 0.25) is 0 Å². The number of benzene rings is 1. The number of aliphatic hydroxyl groups excluding tert-OH is 1. The Bertz CT molecular complexity index is 478. The lowest BCUT2D eigenvalue weighted by Crippen LogP contribution is -2.32. The number of nitrogens with zero attached hydrogens (tertiary/aromatic N) is 1. The minimum absolute atomic E-state index is 0.357. The number of hydrogen-bond donors (Lipinski definition) is 2. The van der Waals surface area contributed by atoms with Crippen LogP contribution in [0.5, 0.6) is 5.75 Å². The number of halogens is 1. The van der Waals surface area contributed by atoms with Gasteiger partial charge in [-0.3, -0.25) is 0 Å². The van der Waals surface area contributed by atoms with Gasteiger partial charge in [-0.2, -0.15) is 0 Å². The highest BCUT2D eigenvalue weighted by Gasteiger charge is 2.25. The highest BCUT2D eigenvalue weighted by molar-refractivity contribution is 6.32. The SMILES string of the molecule is CCOc1cc(C)c(Cl)c(C)c1C(O)C(N)CCN(C)C. The summed E-state index contributed by atoms with van der Waals surface area (Å²) in [5.74, 6) is 0.671. The number of aryl methyl sites for hydroxylation is 1. The smallest absolute Gasteiger partial charge is 0.125 e. The lowest BCUT2D eigenvalue weighted by molar-refractivity contribution is 0.132. The summed E-state index contributed by atoms with van der Waals surface area (Å²) in [6.45, 7) is 7.10. The van der Waals surface area contributed by atoms with Gasteiger partial charge in [-0.25, -0.2) is 0 Å². The second-order valence-electron chi connectivity index (χ2n) is 5.68. The average Bonchev–Trinajstić information content (AvgIpc) is 2.42. The zero-order chi connectivity index (χ0) is 16.2. The van der Waals surface area contributed by atoms with E-state index in [2.05, 4.69) is 0 Å². The molecule has 0 saturated carbocycles. The Labute approximate surface area is 132 Å². The van der Waals surface area contributed by atoms with Crippen LogP contribution in [0.15, 0.2) is 6.07 Å². The lowest BCUT2D eigenvalue weighted by Gasteiger charge is -2.25. The third-order valence-electron chi connectivity index (χ3n) is 3.60. The van der Waals surface area contributed by atoms with Crippen molar-refractivity contribution in [3.8, 4) is 5.75 Å². The van der Waals surface area contributed by atoms with Gasteiger partial charge in [-0.1, -0.05) is 11.6 Å². The fraction of sp³-hybridized carbons (Fsp3) is 0.625. The molecule has 0 aromatic heterocycles. The molecule has 0 aliphatic rings. The molecule has 4 nitrogen and oxygen atoms in total. The van der Waals surface area contributed by atoms with Gasteiger partial charge >= 0.3 is 0 Å². The van der Waals surface area contributed by atoms with E-state index < -0.39 is 6.10 Å². The molecule has 5 heteroatoms. The van der Waals surface area contributed by atoms with E-state index in [1.54, 1.807) is 0 Å². The maximum Gasteiger partial charge on any atom is 0.125 e. The number of nitrogens with two attached hydrogens (primary N) is 1. The van der Waals surface area contributed by atoms with Crippen LogP contribution in [0, 0.1) is 13.8 Å². The Morgan fingerprint density at radius 3 is 2.52 bits per heavy atom. The van der Waals surface area contributed by atoms with Gasteiger partial charge < -0.3 is 20.5 Å². The summed E-state index contributed by atoms with van der Waals surface area (Å²) in [5.41, 5.74) is 8.63. The number of ether oxygens (including phenoxy) is 1. The molecule has 0 heterocycles. The molecule has 1 aromatic rings. The Kier molecular flexibility index (Phi) is 6.94. The molecule has 0 fully saturated rings. The zero-order valence-electron chi connectivity index (χ0n) is 13.6. The topological polar surface area (TPSA) is 58.7 Å². The van der Waals surface area contributed by atoms with Gasteiger partial charge in [0.15, 0.2) is 0 Å². The number of rotatable bonds is 7. The Balaban J connectivity index is 3.11. The van der Waals surface area contributed by atoms with Crippen LogP contribution in [0.25, 0.3) is 0 Å². The van der Waals surface area contributed by atoms with Crippen LogP contribution < -0.4 is 10.5 Å². The summed E-state index contributed by atoms with van der Waals surface area (Å²) in [6.07, 6.45) is -0.0883. The molecule has 0 aliphatic carbocycles. The van der Waals surface area contributed by atoms with Gasteiger partial charge in [-0.15, -0.1) is 0 Å². The van der Waals surface area contributed by atoms with Gasteiger partial charge in [-0.05, 0) is 65.0 Å². The van der Waals surface area contributed by atoms with E-state index in [9.17, 15) is 5.11 Å². The van der Waals surface area contributed by atoms with E-state index in [1.165, 1.54) is 0 Å². The normalized spacial score (nSPS) is 14.3. The van der Waals surface area contributed by atoms with Crippen molar-refractivity contribution in [2.75, 3.05) is 27.2 Å². The van der Waals surface area contributed by atoms with Crippen LogP contribution in [0.4, 0.5) is 0 Å². The van der Waals surface area contributed by atoms with Crippen molar-refractivity contribution < 1.29 is 9.84 Å². The maximum absolute atomic E-state index is 10.6. The molecule has 2 unspecified atom stereocenters. The highest BCUT2D eigenvalue weighted by atomic mass is 35.5. The van der Waals surface area contributed by atoms with Crippen LogP contribution >= 0.6 is 11.6 Å². The van der Waals surface area contributed by atoms with Gasteiger partial charge in [0, 0.05) is 16.6 Å². The van der Waals surface area contributed by atoms with E-state index in [0.29, 0.717) is 29.4 Å². The van der Waals surface area contributed by atoms with E-state index in [0.717, 1.165) is 17.7 Å². The Morgan fingerprint density at radius 1 is 1.38 bits per heavy atom. The van der Waals surface area contributed by atoms with Crippen molar-refractivity contribution in [1.29, 1.82) is 0 Å². The summed E-state index contributed by atoms with van der Waals surface area (Å²) in [7, 11) is 3.97. The molecular weight excluding hydrogens is 288 g/mol. The molecule has 21 heavy (non-hydrogen) atoms. The van der Waals surface area contributed by atoms with Gasteiger partial charge in [0.05, 0.1) is 12.7 Å². The first-order valence-electron chi connectivity index (χ1n) is 7.30. The summed E-state index contributed by atoms with van der Waals surface area (Å²) in [5, 5.41) is 11.3. The summed E-state index contributed by atoms with van der Waals surface area (Å²) < 4.78 is 5.67. The zero-order valence-corrected chi connectivity index (χ0v) is 14.4. The fourth-order valence-corrected chi connectivity index (χ4v) is 2.51. The summed E-state index contributed by atoms with van der Waals surface area (Å²) in [6, 6.07) is 1.51. The monoisotopic (exact) mass is 314 g/mol. The molecular formula is C16H27ClN2O2. The van der Waals surface area contributed by atoms with Crippen molar-refractivity contribution in [3.05, 3.63) is 27.8 Å². The minimum atomic E-state index is -0.787. The van der Waals surface area contributed by atoms with E-state index in [-0.39, 0.29) is 6.04 Å². The van der Waals surface area contributed by atoms with Crippen molar-refractivity contribution in [2.24, 2.45) is 5.73 Å². The second-order valence-corrected chi connectivity index (χ2v) is 6.06. The first kappa shape index (κ1) is 18.2. The summed E-state index contributed by atoms with van der Waals surface area (Å²) in [4.78, 5) is 2.05. The van der Waals surface area contributed by atoms with E-state index >= 15 is 0 Å². The first-order chi connectivity index (χ1) is 9.79. The number of aliphatic hydroxyl groups is 1. The molecule has 1 aromatic carbocycles. The lowest BCUT2D eigenvalue weighted by atomic mass is 9.94. The van der Waals surface area contributed by atoms with Gasteiger partial charge in [0.1, 0.15) is 5.75 Å². The van der Waals surface area contributed by atoms with Crippen molar-refractivity contribution in [1.82, 2.24) is 4.90 Å². The largest absolute Gasteiger partial charge is 0.493 e. The predicted molar refractivity (Wildman–Crippen MR) is 88.2 cm³/mol. The quantitative estimate of drug-likeness (QED) is 0.812. The molecule has 0 bridgehead atoms. The van der Waals surface area contributed by atoms with Crippen LogP contribution in [-0.2, 0) is 0 Å². The van der Waals surface area contributed by atoms with Crippen LogP contribution in [-0.4, -0.2) is 43.3 Å². The Morgan fingerprint density at radius 2 is 2.00 bits per heavy atom. The molecule has 1 rings (SSSR count). The van der Waals surface area contributed by atoms with Crippen LogP contribution in [0.1, 0.15) is 36.1 Å². The van der Waals surface area contributed by atoms with Crippen molar-refractivity contribution >= 4 is 11.6 Å². The highest BCUT2D eigenvalue weighted by Crippen LogP contribution is 2.37. The molecule has 0 spiro atoms. The molecule has 0 radical (unpaired) electrons. The average molecular weight is 315 g/mol. The van der Waals surface area contributed by atoms with E-state index in [4.69, 9.17) is 22.1 Å². The first-order valence-corrected chi connectivity index (χ1v) is 7.68. The summed E-state index contributed by atoms with van der Waals surface area (Å²) >= 11 is 6.32. The van der Waals surface area contributed by atoms with Crippen molar-refractivity contribution in [3.63, 3.8) is 0 Å². The molecule has 0 aliphatic heterocycles.